The van der Waals surface area contributed by atoms with Crippen LogP contribution in [0.3, 0.4) is 0 Å². The van der Waals surface area contributed by atoms with E-state index in [1.807, 2.05) is 6.92 Å². The summed E-state index contributed by atoms with van der Waals surface area (Å²) in [4.78, 5) is 53.1. The lowest BCUT2D eigenvalue weighted by Crippen LogP contribution is -2.83. The van der Waals surface area contributed by atoms with E-state index in [4.69, 9.17) is 18.9 Å². The summed E-state index contributed by atoms with van der Waals surface area (Å²) in [6, 6.07) is 6.53. The first kappa shape index (κ1) is 31.5. The molecule has 12 heteroatoms. The third-order valence-electron chi connectivity index (χ3n) is 12.7. The molecule has 1 spiro atoms. The average Bonchev–Trinajstić information content (AvgIpc) is 3.40. The number of fused-ring (bicyclic) bond motifs is 2. The fourth-order valence-electron chi connectivity index (χ4n) is 11.7. The first-order chi connectivity index (χ1) is 21.8. The van der Waals surface area contributed by atoms with Crippen molar-refractivity contribution in [1.82, 2.24) is 4.90 Å². The fraction of sp³-hybridized carbons (Fsp3) is 0.706. The molecule has 1 aromatic rings. The summed E-state index contributed by atoms with van der Waals surface area (Å²) in [6.45, 7) is 7.05. The third kappa shape index (κ3) is 3.87. The Morgan fingerprint density at radius 2 is 1.74 bits per heavy atom. The Balaban J connectivity index is 1.38. The van der Waals surface area contributed by atoms with Crippen molar-refractivity contribution < 1.29 is 48.3 Å². The summed E-state index contributed by atoms with van der Waals surface area (Å²) in [5.74, 6) is -3.91. The highest BCUT2D eigenvalue weighted by Crippen LogP contribution is 2.79. The molecule has 12 nitrogen and oxygen atoms in total. The van der Waals surface area contributed by atoms with E-state index in [1.165, 1.54) is 20.8 Å². The molecule has 1 amide bonds. The lowest BCUT2D eigenvalue weighted by molar-refractivity contribution is -0.336. The van der Waals surface area contributed by atoms with Gasteiger partial charge in [0, 0.05) is 76.0 Å². The van der Waals surface area contributed by atoms with Gasteiger partial charge in [-0.15, -0.1) is 0 Å². The molecule has 1 saturated heterocycles. The van der Waals surface area contributed by atoms with Gasteiger partial charge >= 0.3 is 17.9 Å². The second kappa shape index (κ2) is 10.5. The zero-order valence-electron chi connectivity index (χ0n) is 27.0. The molecule has 3 N–H and O–H groups in total. The predicted molar refractivity (Wildman–Crippen MR) is 161 cm³/mol. The number of aliphatic hydroxyl groups is 2. The summed E-state index contributed by atoms with van der Waals surface area (Å²) < 4.78 is 24.6. The molecule has 12 atom stereocenters. The van der Waals surface area contributed by atoms with Crippen LogP contribution in [0, 0.1) is 29.1 Å². The molecule has 1 unspecified atom stereocenters. The number of piperidine rings is 1. The maximum Gasteiger partial charge on any atom is 0.340 e. The number of benzene rings is 1. The Labute approximate surface area is 268 Å². The van der Waals surface area contributed by atoms with Crippen LogP contribution in [-0.2, 0) is 33.3 Å². The number of hydrogen-bond acceptors (Lipinski definition) is 11. The van der Waals surface area contributed by atoms with Gasteiger partial charge in [0.05, 0.1) is 17.4 Å². The zero-order chi connectivity index (χ0) is 33.0. The van der Waals surface area contributed by atoms with Crippen LogP contribution in [0.1, 0.15) is 70.2 Å². The minimum absolute atomic E-state index is 0.0120. The van der Waals surface area contributed by atoms with Gasteiger partial charge in [0.2, 0.25) is 5.91 Å². The van der Waals surface area contributed by atoms with E-state index in [2.05, 4.69) is 10.2 Å². The van der Waals surface area contributed by atoms with Crippen molar-refractivity contribution in [3.8, 4) is 0 Å². The summed E-state index contributed by atoms with van der Waals surface area (Å²) in [5.41, 5.74) is -4.75. The van der Waals surface area contributed by atoms with Gasteiger partial charge in [-0.25, -0.2) is 4.79 Å². The van der Waals surface area contributed by atoms with Gasteiger partial charge in [0.25, 0.3) is 0 Å². The van der Waals surface area contributed by atoms with Crippen LogP contribution in [0.25, 0.3) is 0 Å². The number of carbonyl (C=O) groups excluding carboxylic acids is 4. The molecule has 0 aromatic heterocycles. The minimum atomic E-state index is -1.84. The molecule has 1 heterocycles. The normalized spacial score (nSPS) is 44.7. The fourth-order valence-corrected chi connectivity index (χ4v) is 11.7. The lowest BCUT2D eigenvalue weighted by atomic mass is 9.44. The van der Waals surface area contributed by atoms with E-state index in [0.717, 1.165) is 0 Å². The Hall–Kier alpha value is -3.06. The van der Waals surface area contributed by atoms with Crippen molar-refractivity contribution in [3.63, 3.8) is 0 Å². The highest BCUT2D eigenvalue weighted by molar-refractivity contribution is 6.00. The number of ether oxygens (including phenoxy) is 4. The average molecular weight is 641 g/mol. The summed E-state index contributed by atoms with van der Waals surface area (Å²) in [5, 5.41) is 28.7. The molecule has 7 bridgehead atoms. The smallest absolute Gasteiger partial charge is 0.340 e. The summed E-state index contributed by atoms with van der Waals surface area (Å²) >= 11 is 0. The molecule has 7 rings (SSSR count). The third-order valence-corrected chi connectivity index (χ3v) is 12.7. The molecule has 6 aliphatic rings. The summed E-state index contributed by atoms with van der Waals surface area (Å²) in [7, 11) is 1.67. The quantitative estimate of drug-likeness (QED) is 0.296. The van der Waals surface area contributed by atoms with E-state index in [1.54, 1.807) is 31.4 Å². The molecule has 6 fully saturated rings. The van der Waals surface area contributed by atoms with Crippen molar-refractivity contribution >= 4 is 29.5 Å². The first-order valence-electron chi connectivity index (χ1n) is 16.4. The van der Waals surface area contributed by atoms with Gasteiger partial charge in [0.1, 0.15) is 29.0 Å². The number of likely N-dealkylation sites (tertiary alicyclic amines) is 1. The Kier molecular flexibility index (Phi) is 7.18. The molecule has 1 aliphatic heterocycles. The standard InChI is InChI=1S/C34H44N2O10/c1-6-36-16-31(46-30(40)20-9-7-8-10-23(20)35-17(2)37)12-11-27(43-5)33-25(31)14-22(28(33)36)32(41)15-24(44-18(3)38)21-13-26(33)34(32,42)29(21)45-19(4)39/h7-10,21-22,24-29,41-42H,6,11-16H2,1-5H3,(H,35,37)/t21-,22-,24+,25-,26+,27+,28?,29+,31-,32+,33+,34+/m1/s1. The van der Waals surface area contributed by atoms with Crippen LogP contribution < -0.4 is 5.32 Å². The molecular formula is C34H44N2O10. The number of hydrogen-bond donors (Lipinski definition) is 3. The molecule has 1 aromatic carbocycles. The van der Waals surface area contributed by atoms with Gasteiger partial charge < -0.3 is 34.5 Å². The Morgan fingerprint density at radius 3 is 2.39 bits per heavy atom. The number of esters is 3. The van der Waals surface area contributed by atoms with E-state index in [-0.39, 0.29) is 36.0 Å². The van der Waals surface area contributed by atoms with E-state index in [9.17, 15) is 29.4 Å². The molecular weight excluding hydrogens is 596 g/mol. The van der Waals surface area contributed by atoms with Crippen LogP contribution in [0.4, 0.5) is 5.69 Å². The number of nitrogens with zero attached hydrogens (tertiary/aromatic N) is 1. The first-order valence-corrected chi connectivity index (χ1v) is 16.4. The van der Waals surface area contributed by atoms with Gasteiger partial charge in [-0.3, -0.25) is 19.3 Å². The molecule has 0 radical (unpaired) electrons. The van der Waals surface area contributed by atoms with Gasteiger partial charge in [-0.05, 0) is 44.4 Å². The highest BCUT2D eigenvalue weighted by atomic mass is 16.6. The predicted octanol–water partition coefficient (Wildman–Crippen LogP) is 2.05. The Morgan fingerprint density at radius 1 is 1.02 bits per heavy atom. The van der Waals surface area contributed by atoms with Crippen LogP contribution in [0.5, 0.6) is 0 Å². The molecule has 5 saturated carbocycles. The van der Waals surface area contributed by atoms with Crippen LogP contribution in [-0.4, -0.2) is 100 Å². The minimum Gasteiger partial charge on any atom is -0.462 e. The van der Waals surface area contributed by atoms with Gasteiger partial charge in [-0.1, -0.05) is 19.1 Å². The van der Waals surface area contributed by atoms with Crippen molar-refractivity contribution in [2.24, 2.45) is 29.1 Å². The van der Waals surface area contributed by atoms with Crippen molar-refractivity contribution in [1.29, 1.82) is 0 Å². The van der Waals surface area contributed by atoms with Gasteiger partial charge in [0.15, 0.2) is 0 Å². The SMILES string of the molecule is CCN1C[C@]2(OC(=O)c3ccccc3NC(C)=O)CC[C@H](OC)[C@]34C1[C@@H](C[C@H]23)[C@@]1(O)C[C@H](OC(C)=O)[C@H]2C[C@@H]4[C@]1(O)[C@H]2OC(C)=O. The number of anilines is 1. The van der Waals surface area contributed by atoms with E-state index < -0.39 is 70.1 Å². The van der Waals surface area contributed by atoms with Crippen LogP contribution in [0.2, 0.25) is 0 Å². The second-order valence-corrected chi connectivity index (χ2v) is 14.4. The molecule has 5 aliphatic carbocycles. The van der Waals surface area contributed by atoms with Crippen molar-refractivity contribution in [3.05, 3.63) is 29.8 Å². The van der Waals surface area contributed by atoms with E-state index >= 15 is 0 Å². The number of carbonyl (C=O) groups is 4. The van der Waals surface area contributed by atoms with Gasteiger partial charge in [-0.2, -0.15) is 0 Å². The van der Waals surface area contributed by atoms with Crippen LogP contribution in [0.15, 0.2) is 24.3 Å². The number of likely N-dealkylation sites (N-methyl/N-ethyl adjacent to an activating group) is 1. The largest absolute Gasteiger partial charge is 0.462 e. The van der Waals surface area contributed by atoms with Crippen LogP contribution >= 0.6 is 0 Å². The maximum absolute atomic E-state index is 14.1. The number of amides is 1. The Bertz CT molecular complexity index is 1490. The monoisotopic (exact) mass is 640 g/mol. The number of nitrogens with one attached hydrogen (secondary N) is 1. The van der Waals surface area contributed by atoms with Crippen molar-refractivity contribution in [2.45, 2.75) is 101 Å². The van der Waals surface area contributed by atoms with E-state index in [0.29, 0.717) is 44.5 Å². The topological polar surface area (TPSA) is 161 Å². The molecule has 46 heavy (non-hydrogen) atoms. The molecule has 250 valence electrons. The lowest BCUT2D eigenvalue weighted by Gasteiger charge is -2.70. The zero-order valence-corrected chi connectivity index (χ0v) is 27.0. The second-order valence-electron chi connectivity index (χ2n) is 14.4. The van der Waals surface area contributed by atoms with Crippen molar-refractivity contribution in [2.75, 3.05) is 25.5 Å². The highest BCUT2D eigenvalue weighted by Gasteiger charge is 2.89. The summed E-state index contributed by atoms with van der Waals surface area (Å²) in [6.07, 6.45) is -0.342. The number of para-hydroxylation sites is 1. The number of methoxy groups -OCH3 is 1. The maximum atomic E-state index is 14.1. The number of rotatable bonds is 7.